The summed E-state index contributed by atoms with van der Waals surface area (Å²) in [7, 11) is 1.53. The predicted molar refractivity (Wildman–Crippen MR) is 131 cm³/mol. The van der Waals surface area contributed by atoms with Gasteiger partial charge in [-0.25, -0.2) is 4.98 Å². The van der Waals surface area contributed by atoms with E-state index in [2.05, 4.69) is 16.9 Å². The second-order valence-electron chi connectivity index (χ2n) is 8.22. The van der Waals surface area contributed by atoms with E-state index in [1.807, 2.05) is 19.1 Å². The molecule has 4 rings (SSSR count). The van der Waals surface area contributed by atoms with Crippen LogP contribution in [0, 0.1) is 12.8 Å². The Morgan fingerprint density at radius 2 is 2.09 bits per heavy atom. The molecule has 1 atom stereocenters. The van der Waals surface area contributed by atoms with Crippen molar-refractivity contribution >= 4 is 46.0 Å². The van der Waals surface area contributed by atoms with Crippen molar-refractivity contribution in [3.63, 3.8) is 0 Å². The third-order valence-electron chi connectivity index (χ3n) is 5.76. The number of nitrogens with two attached hydrogens (primary N) is 1. The first-order chi connectivity index (χ1) is 16.3. The molecule has 1 aromatic carbocycles. The van der Waals surface area contributed by atoms with E-state index >= 15 is 0 Å². The van der Waals surface area contributed by atoms with Crippen LogP contribution in [0.1, 0.15) is 28.8 Å². The van der Waals surface area contributed by atoms with E-state index in [0.717, 1.165) is 27.5 Å². The number of methoxy groups -OCH3 is 1. The molecule has 2 aromatic rings. The van der Waals surface area contributed by atoms with Gasteiger partial charge in [0, 0.05) is 23.9 Å². The summed E-state index contributed by atoms with van der Waals surface area (Å²) >= 11 is 2.88. The molecule has 0 spiro atoms. The Labute approximate surface area is 206 Å². The number of benzene rings is 1. The van der Waals surface area contributed by atoms with Gasteiger partial charge in [-0.05, 0) is 43.5 Å². The van der Waals surface area contributed by atoms with Crippen LogP contribution in [0.3, 0.4) is 0 Å². The number of aromatic nitrogens is 1. The Kier molecular flexibility index (Phi) is 7.24. The Morgan fingerprint density at radius 1 is 1.32 bits per heavy atom. The maximum Gasteiger partial charge on any atom is 0.257 e. The lowest BCUT2D eigenvalue weighted by Gasteiger charge is -2.39. The van der Waals surface area contributed by atoms with Crippen LogP contribution < -0.4 is 15.8 Å². The zero-order valence-electron chi connectivity index (χ0n) is 19.1. The highest BCUT2D eigenvalue weighted by molar-refractivity contribution is 8.01. The number of amides is 3. The molecule has 0 radical (unpaired) electrons. The molecule has 1 aliphatic carbocycles. The van der Waals surface area contributed by atoms with Crippen LogP contribution in [0.4, 0.5) is 5.13 Å². The van der Waals surface area contributed by atoms with Gasteiger partial charge in [-0.2, -0.15) is 0 Å². The molecule has 1 aliphatic heterocycles. The van der Waals surface area contributed by atoms with Gasteiger partial charge in [0.15, 0.2) is 5.13 Å². The smallest absolute Gasteiger partial charge is 0.257 e. The van der Waals surface area contributed by atoms with Gasteiger partial charge in [-0.1, -0.05) is 29.7 Å². The number of nitrogens with zero attached hydrogens (tertiary/aromatic N) is 3. The van der Waals surface area contributed by atoms with Gasteiger partial charge in [0.2, 0.25) is 11.8 Å². The van der Waals surface area contributed by atoms with Crippen LogP contribution in [-0.4, -0.2) is 65.4 Å². The first-order valence-electron chi connectivity index (χ1n) is 10.9. The van der Waals surface area contributed by atoms with Crippen LogP contribution in [-0.2, 0) is 9.59 Å². The number of carbonyl (C=O) groups is 3. The lowest BCUT2D eigenvalue weighted by atomic mass is 10.1. The van der Waals surface area contributed by atoms with Crippen LogP contribution in [0.2, 0.25) is 0 Å². The molecule has 2 aliphatic rings. The van der Waals surface area contributed by atoms with Crippen molar-refractivity contribution in [2.75, 3.05) is 32.1 Å². The standard InChI is InChI=1S/C23H27N5O4S2/c1-4-19(29)28-8-7-27(12-18(28)24)22(31)15-10-17(13(2)9-16(15)32-3)33-20-11-25-23(34-20)26-21(30)14-5-6-14/h4,9-11,14,18H,1,5-8,12,24H2,2-3H3,(H,25,26,30)/t18-/m0/s1. The third kappa shape index (κ3) is 5.26. The van der Waals surface area contributed by atoms with Crippen molar-refractivity contribution in [2.24, 2.45) is 11.7 Å². The fourth-order valence-corrected chi connectivity index (χ4v) is 5.63. The number of hydrogen-bond acceptors (Lipinski definition) is 8. The molecule has 0 unspecified atom stereocenters. The molecule has 1 aromatic heterocycles. The average Bonchev–Trinajstić information content (AvgIpc) is 3.60. The largest absolute Gasteiger partial charge is 0.496 e. The summed E-state index contributed by atoms with van der Waals surface area (Å²) in [5.41, 5.74) is 7.52. The summed E-state index contributed by atoms with van der Waals surface area (Å²) in [5.74, 6) is 0.159. The fraction of sp³-hybridized carbons (Fsp3) is 0.391. The fourth-order valence-electron chi connectivity index (χ4n) is 3.69. The van der Waals surface area contributed by atoms with Gasteiger partial charge in [-0.15, -0.1) is 0 Å². The summed E-state index contributed by atoms with van der Waals surface area (Å²) in [6.45, 7) is 6.37. The highest BCUT2D eigenvalue weighted by Gasteiger charge is 2.32. The van der Waals surface area contributed by atoms with Gasteiger partial charge in [0.1, 0.15) is 5.75 Å². The van der Waals surface area contributed by atoms with Crippen molar-refractivity contribution in [1.29, 1.82) is 0 Å². The summed E-state index contributed by atoms with van der Waals surface area (Å²) < 4.78 is 6.40. The molecule has 1 saturated heterocycles. The quantitative estimate of drug-likeness (QED) is 0.560. The lowest BCUT2D eigenvalue weighted by molar-refractivity contribution is -0.130. The van der Waals surface area contributed by atoms with Crippen molar-refractivity contribution < 1.29 is 19.1 Å². The van der Waals surface area contributed by atoms with Gasteiger partial charge >= 0.3 is 0 Å². The first kappa shape index (κ1) is 24.2. The van der Waals surface area contributed by atoms with Crippen molar-refractivity contribution in [2.45, 2.75) is 35.0 Å². The topological polar surface area (TPSA) is 118 Å². The van der Waals surface area contributed by atoms with E-state index in [1.54, 1.807) is 11.1 Å². The van der Waals surface area contributed by atoms with Gasteiger partial charge in [0.25, 0.3) is 5.91 Å². The number of nitrogens with one attached hydrogen (secondary N) is 1. The minimum Gasteiger partial charge on any atom is -0.496 e. The normalized spacial score (nSPS) is 17.9. The second-order valence-corrected chi connectivity index (χ2v) is 10.6. The number of piperazine rings is 1. The Morgan fingerprint density at radius 3 is 2.74 bits per heavy atom. The molecule has 1 saturated carbocycles. The summed E-state index contributed by atoms with van der Waals surface area (Å²) in [6, 6.07) is 3.65. The van der Waals surface area contributed by atoms with Gasteiger partial charge in [-0.3, -0.25) is 14.4 Å². The van der Waals surface area contributed by atoms with E-state index in [-0.39, 0.29) is 30.2 Å². The summed E-state index contributed by atoms with van der Waals surface area (Å²) in [4.78, 5) is 45.7. The Balaban J connectivity index is 1.50. The number of hydrogen-bond donors (Lipinski definition) is 2. The molecule has 2 fully saturated rings. The molecule has 3 amide bonds. The third-order valence-corrected chi connectivity index (χ3v) is 7.94. The highest BCUT2D eigenvalue weighted by Crippen LogP contribution is 2.39. The molecule has 0 bridgehead atoms. The molecule has 11 heteroatoms. The van der Waals surface area contributed by atoms with Gasteiger partial charge < -0.3 is 25.6 Å². The monoisotopic (exact) mass is 501 g/mol. The Bertz CT molecular complexity index is 1130. The average molecular weight is 502 g/mol. The highest BCUT2D eigenvalue weighted by atomic mass is 32.2. The van der Waals surface area contributed by atoms with Crippen LogP contribution in [0.5, 0.6) is 5.75 Å². The van der Waals surface area contributed by atoms with E-state index in [9.17, 15) is 14.4 Å². The van der Waals surface area contributed by atoms with Crippen LogP contribution in [0.15, 0.2) is 40.1 Å². The van der Waals surface area contributed by atoms with E-state index < -0.39 is 6.17 Å². The SMILES string of the molecule is C=CC(=O)N1CCN(C(=O)c2cc(Sc3cnc(NC(=O)C4CC4)s3)c(C)cc2OC)C[C@H]1N. The van der Waals surface area contributed by atoms with Crippen molar-refractivity contribution in [3.8, 4) is 5.75 Å². The minimum atomic E-state index is -0.602. The maximum atomic E-state index is 13.4. The minimum absolute atomic E-state index is 0.0208. The van der Waals surface area contributed by atoms with E-state index in [1.165, 1.54) is 41.2 Å². The van der Waals surface area contributed by atoms with Crippen LogP contribution in [0.25, 0.3) is 0 Å². The Hall–Kier alpha value is -2.89. The first-order valence-corrected chi connectivity index (χ1v) is 12.5. The molecule has 3 N–H and O–H groups in total. The van der Waals surface area contributed by atoms with Crippen molar-refractivity contribution in [1.82, 2.24) is 14.8 Å². The molecular weight excluding hydrogens is 474 g/mol. The summed E-state index contributed by atoms with van der Waals surface area (Å²) in [5, 5.41) is 3.44. The predicted octanol–water partition coefficient (Wildman–Crippen LogP) is 2.72. The molecule has 2 heterocycles. The zero-order valence-corrected chi connectivity index (χ0v) is 20.7. The van der Waals surface area contributed by atoms with Crippen molar-refractivity contribution in [3.05, 3.63) is 42.1 Å². The number of anilines is 1. The molecule has 180 valence electrons. The molecule has 34 heavy (non-hydrogen) atoms. The number of carbonyl (C=O) groups excluding carboxylic acids is 3. The van der Waals surface area contributed by atoms with Crippen LogP contribution >= 0.6 is 23.1 Å². The lowest BCUT2D eigenvalue weighted by Crippen LogP contribution is -2.59. The number of thiazole rings is 1. The molecule has 9 nitrogen and oxygen atoms in total. The number of rotatable bonds is 7. The van der Waals surface area contributed by atoms with E-state index in [0.29, 0.717) is 29.5 Å². The number of ether oxygens (including phenoxy) is 1. The maximum absolute atomic E-state index is 13.4. The van der Waals surface area contributed by atoms with Gasteiger partial charge in [0.05, 0.1) is 35.8 Å². The molecular formula is C23H27N5O4S2. The number of aryl methyl sites for hydroxylation is 1. The second kappa shape index (κ2) is 10.2. The zero-order chi connectivity index (χ0) is 24.4. The van der Waals surface area contributed by atoms with E-state index in [4.69, 9.17) is 10.5 Å². The summed E-state index contributed by atoms with van der Waals surface area (Å²) in [6.07, 6.45) is 4.22.